The Bertz CT molecular complexity index is 472. The third kappa shape index (κ3) is 2.01. The number of benzene rings is 1. The zero-order valence-corrected chi connectivity index (χ0v) is 9.62. The minimum atomic E-state index is 0.500. The SMILES string of the molecule is CCc1ccc2nc(C(C)C)ccc2c1. The van der Waals surface area contributed by atoms with E-state index in [1.807, 2.05) is 0 Å². The minimum Gasteiger partial charge on any atom is -0.253 e. The monoisotopic (exact) mass is 199 g/mol. The molecule has 1 aromatic heterocycles. The molecule has 0 amide bonds. The van der Waals surface area contributed by atoms with Gasteiger partial charge < -0.3 is 0 Å². The van der Waals surface area contributed by atoms with Gasteiger partial charge in [-0.15, -0.1) is 0 Å². The summed E-state index contributed by atoms with van der Waals surface area (Å²) in [5.74, 6) is 0.500. The van der Waals surface area contributed by atoms with Crippen LogP contribution in [0, 0.1) is 0 Å². The third-order valence-corrected chi connectivity index (χ3v) is 2.77. The Labute approximate surface area is 91.2 Å². The number of pyridine rings is 1. The average Bonchev–Trinajstić information content (AvgIpc) is 2.27. The van der Waals surface area contributed by atoms with Gasteiger partial charge in [0.05, 0.1) is 5.52 Å². The smallest absolute Gasteiger partial charge is 0.0705 e. The second-order valence-corrected chi connectivity index (χ2v) is 4.27. The van der Waals surface area contributed by atoms with E-state index in [2.05, 4.69) is 56.1 Å². The first kappa shape index (κ1) is 10.2. The molecule has 1 aromatic carbocycles. The molecule has 1 heterocycles. The van der Waals surface area contributed by atoms with Crippen molar-refractivity contribution in [2.24, 2.45) is 0 Å². The van der Waals surface area contributed by atoms with E-state index in [1.165, 1.54) is 16.6 Å². The Kier molecular flexibility index (Phi) is 2.72. The average molecular weight is 199 g/mol. The van der Waals surface area contributed by atoms with Crippen molar-refractivity contribution in [1.82, 2.24) is 4.98 Å². The van der Waals surface area contributed by atoms with Crippen LogP contribution in [0.4, 0.5) is 0 Å². The van der Waals surface area contributed by atoms with Crippen LogP contribution in [0.3, 0.4) is 0 Å². The molecule has 2 rings (SSSR count). The van der Waals surface area contributed by atoms with Crippen LogP contribution in [0.25, 0.3) is 10.9 Å². The standard InChI is InChI=1S/C14H17N/c1-4-11-5-7-14-12(9-11)6-8-13(15-14)10(2)3/h5-10H,4H2,1-3H3. The normalized spacial score (nSPS) is 11.2. The molecule has 0 saturated carbocycles. The van der Waals surface area contributed by atoms with Gasteiger partial charge >= 0.3 is 0 Å². The van der Waals surface area contributed by atoms with E-state index in [0.29, 0.717) is 5.92 Å². The minimum absolute atomic E-state index is 0.500. The van der Waals surface area contributed by atoms with E-state index in [9.17, 15) is 0 Å². The summed E-state index contributed by atoms with van der Waals surface area (Å²) in [7, 11) is 0. The van der Waals surface area contributed by atoms with Crippen LogP contribution in [0.2, 0.25) is 0 Å². The Balaban J connectivity index is 2.55. The van der Waals surface area contributed by atoms with Crippen LogP contribution in [-0.2, 0) is 6.42 Å². The van der Waals surface area contributed by atoms with E-state index >= 15 is 0 Å². The van der Waals surface area contributed by atoms with Gasteiger partial charge in [0.2, 0.25) is 0 Å². The molecule has 0 bridgehead atoms. The fourth-order valence-corrected chi connectivity index (χ4v) is 1.73. The molecule has 0 atom stereocenters. The molecule has 0 saturated heterocycles. The number of nitrogens with zero attached hydrogens (tertiary/aromatic N) is 1. The summed E-state index contributed by atoms with van der Waals surface area (Å²) in [4.78, 5) is 4.65. The quantitative estimate of drug-likeness (QED) is 0.714. The van der Waals surface area contributed by atoms with Gasteiger partial charge in [0, 0.05) is 11.1 Å². The fourth-order valence-electron chi connectivity index (χ4n) is 1.73. The molecule has 0 aliphatic carbocycles. The lowest BCUT2D eigenvalue weighted by atomic mass is 10.1. The van der Waals surface area contributed by atoms with Crippen molar-refractivity contribution in [3.05, 3.63) is 41.6 Å². The Morgan fingerprint density at radius 1 is 1.13 bits per heavy atom. The van der Waals surface area contributed by atoms with Crippen LogP contribution in [0.5, 0.6) is 0 Å². The second-order valence-electron chi connectivity index (χ2n) is 4.27. The van der Waals surface area contributed by atoms with Crippen LogP contribution < -0.4 is 0 Å². The third-order valence-electron chi connectivity index (χ3n) is 2.77. The van der Waals surface area contributed by atoms with Gasteiger partial charge in [-0.25, -0.2) is 0 Å². The topological polar surface area (TPSA) is 12.9 Å². The number of hydrogen-bond donors (Lipinski definition) is 0. The zero-order valence-electron chi connectivity index (χ0n) is 9.62. The van der Waals surface area contributed by atoms with E-state index in [4.69, 9.17) is 0 Å². The Hall–Kier alpha value is -1.37. The van der Waals surface area contributed by atoms with Gasteiger partial charge in [-0.1, -0.05) is 32.9 Å². The van der Waals surface area contributed by atoms with Gasteiger partial charge in [-0.3, -0.25) is 4.98 Å². The van der Waals surface area contributed by atoms with Crippen molar-refractivity contribution >= 4 is 10.9 Å². The van der Waals surface area contributed by atoms with E-state index in [1.54, 1.807) is 0 Å². The number of fused-ring (bicyclic) bond motifs is 1. The summed E-state index contributed by atoms with van der Waals surface area (Å²) in [6.45, 7) is 6.53. The highest BCUT2D eigenvalue weighted by molar-refractivity contribution is 5.79. The molecule has 78 valence electrons. The zero-order chi connectivity index (χ0) is 10.8. The molecule has 15 heavy (non-hydrogen) atoms. The lowest BCUT2D eigenvalue weighted by Crippen LogP contribution is -1.92. The molecule has 0 aliphatic heterocycles. The maximum atomic E-state index is 4.65. The summed E-state index contributed by atoms with van der Waals surface area (Å²) in [6.07, 6.45) is 1.09. The summed E-state index contributed by atoms with van der Waals surface area (Å²) in [5.41, 5.74) is 3.66. The van der Waals surface area contributed by atoms with Gasteiger partial charge in [0.1, 0.15) is 0 Å². The van der Waals surface area contributed by atoms with Gasteiger partial charge in [-0.05, 0) is 36.1 Å². The second kappa shape index (κ2) is 4.01. The van der Waals surface area contributed by atoms with Crippen molar-refractivity contribution in [2.75, 3.05) is 0 Å². The molecule has 1 nitrogen and oxygen atoms in total. The van der Waals surface area contributed by atoms with Gasteiger partial charge in [0.25, 0.3) is 0 Å². The summed E-state index contributed by atoms with van der Waals surface area (Å²) < 4.78 is 0. The van der Waals surface area contributed by atoms with Crippen LogP contribution in [0.1, 0.15) is 37.9 Å². The number of aryl methyl sites for hydroxylation is 1. The predicted octanol–water partition coefficient (Wildman–Crippen LogP) is 3.92. The van der Waals surface area contributed by atoms with Crippen LogP contribution >= 0.6 is 0 Å². The molecule has 0 spiro atoms. The molecule has 0 aliphatic rings. The van der Waals surface area contributed by atoms with Crippen molar-refractivity contribution in [3.8, 4) is 0 Å². The van der Waals surface area contributed by atoms with Crippen molar-refractivity contribution in [2.45, 2.75) is 33.1 Å². The summed E-state index contributed by atoms with van der Waals surface area (Å²) in [6, 6.07) is 10.8. The Morgan fingerprint density at radius 2 is 1.93 bits per heavy atom. The lowest BCUT2D eigenvalue weighted by molar-refractivity contribution is 0.830. The largest absolute Gasteiger partial charge is 0.253 e. The van der Waals surface area contributed by atoms with E-state index in [-0.39, 0.29) is 0 Å². The first-order chi connectivity index (χ1) is 7.20. The maximum absolute atomic E-state index is 4.65. The van der Waals surface area contributed by atoms with Crippen molar-refractivity contribution < 1.29 is 0 Å². The molecule has 2 aromatic rings. The lowest BCUT2D eigenvalue weighted by Gasteiger charge is -2.06. The number of rotatable bonds is 2. The van der Waals surface area contributed by atoms with Gasteiger partial charge in [-0.2, -0.15) is 0 Å². The number of hydrogen-bond acceptors (Lipinski definition) is 1. The molecular formula is C14H17N. The first-order valence-corrected chi connectivity index (χ1v) is 5.60. The summed E-state index contributed by atoms with van der Waals surface area (Å²) in [5, 5.41) is 1.25. The van der Waals surface area contributed by atoms with Crippen molar-refractivity contribution in [3.63, 3.8) is 0 Å². The highest BCUT2D eigenvalue weighted by Crippen LogP contribution is 2.19. The highest BCUT2D eigenvalue weighted by Gasteiger charge is 2.02. The van der Waals surface area contributed by atoms with E-state index in [0.717, 1.165) is 11.9 Å². The van der Waals surface area contributed by atoms with E-state index < -0.39 is 0 Å². The molecule has 0 unspecified atom stereocenters. The van der Waals surface area contributed by atoms with Gasteiger partial charge in [0.15, 0.2) is 0 Å². The van der Waals surface area contributed by atoms with Crippen molar-refractivity contribution in [1.29, 1.82) is 0 Å². The molecule has 0 fully saturated rings. The predicted molar refractivity (Wildman–Crippen MR) is 65.2 cm³/mol. The Morgan fingerprint density at radius 3 is 2.60 bits per heavy atom. The number of aromatic nitrogens is 1. The molecular weight excluding hydrogens is 182 g/mol. The molecule has 0 N–H and O–H groups in total. The fraction of sp³-hybridized carbons (Fsp3) is 0.357. The molecule has 1 heteroatoms. The van der Waals surface area contributed by atoms with Crippen LogP contribution in [0.15, 0.2) is 30.3 Å². The highest BCUT2D eigenvalue weighted by atomic mass is 14.7. The maximum Gasteiger partial charge on any atom is 0.0705 e. The van der Waals surface area contributed by atoms with Crippen LogP contribution in [-0.4, -0.2) is 4.98 Å². The summed E-state index contributed by atoms with van der Waals surface area (Å²) >= 11 is 0. The first-order valence-electron chi connectivity index (χ1n) is 5.60. The molecule has 0 radical (unpaired) electrons.